The predicted octanol–water partition coefficient (Wildman–Crippen LogP) is 3.28. The number of hydrogen-bond acceptors (Lipinski definition) is 3. The van der Waals surface area contributed by atoms with Gasteiger partial charge in [-0.15, -0.1) is 0 Å². The third kappa shape index (κ3) is 5.45. The van der Waals surface area contributed by atoms with Gasteiger partial charge < -0.3 is 5.32 Å². The minimum absolute atomic E-state index is 0.412. The van der Waals surface area contributed by atoms with Crippen LogP contribution in [0.25, 0.3) is 0 Å². The summed E-state index contributed by atoms with van der Waals surface area (Å²) in [6.45, 7) is 2.58. The number of piperidine rings is 1. The Morgan fingerprint density at radius 2 is 1.80 bits per heavy atom. The molecule has 1 saturated heterocycles. The third-order valence-electron chi connectivity index (χ3n) is 4.25. The first-order valence-corrected chi connectivity index (χ1v) is 8.68. The van der Waals surface area contributed by atoms with Crippen molar-refractivity contribution in [1.82, 2.24) is 10.2 Å². The molecular weight excluding hydrogens is 285 g/mol. The highest BCUT2D eigenvalue weighted by Crippen LogP contribution is 2.30. The first-order valence-electron chi connectivity index (χ1n) is 7.63. The van der Waals surface area contributed by atoms with Crippen molar-refractivity contribution < 1.29 is 13.2 Å². The van der Waals surface area contributed by atoms with Gasteiger partial charge in [-0.2, -0.15) is 24.9 Å². The van der Waals surface area contributed by atoms with Crippen LogP contribution in [-0.4, -0.2) is 53.8 Å². The van der Waals surface area contributed by atoms with Gasteiger partial charge >= 0.3 is 6.18 Å². The highest BCUT2D eigenvalue weighted by molar-refractivity contribution is 7.99. The Hall–Kier alpha value is 0.0600. The molecule has 0 spiro atoms. The van der Waals surface area contributed by atoms with Crippen molar-refractivity contribution in [2.45, 2.75) is 62.5 Å². The molecule has 0 aromatic heterocycles. The molecule has 0 radical (unpaired) electrons. The first kappa shape index (κ1) is 16.4. The van der Waals surface area contributed by atoms with Gasteiger partial charge in [0.25, 0.3) is 0 Å². The molecule has 2 fully saturated rings. The molecule has 2 atom stereocenters. The maximum absolute atomic E-state index is 12.3. The van der Waals surface area contributed by atoms with Crippen LogP contribution < -0.4 is 5.32 Å². The van der Waals surface area contributed by atoms with Gasteiger partial charge in [-0.3, -0.25) is 4.90 Å². The minimum Gasteiger partial charge on any atom is -0.311 e. The number of hydrogen-bond donors (Lipinski definition) is 1. The maximum atomic E-state index is 12.3. The summed E-state index contributed by atoms with van der Waals surface area (Å²) in [7, 11) is 0. The SMILES string of the molecule is CCSC1CCC(NC2CCN(CC(F)(F)F)CC2)C1. The highest BCUT2D eigenvalue weighted by atomic mass is 32.2. The Morgan fingerprint density at radius 3 is 2.40 bits per heavy atom. The highest BCUT2D eigenvalue weighted by Gasteiger charge is 2.33. The lowest BCUT2D eigenvalue weighted by Gasteiger charge is -2.34. The van der Waals surface area contributed by atoms with Crippen LogP contribution >= 0.6 is 11.8 Å². The molecule has 1 aliphatic heterocycles. The Balaban J connectivity index is 1.65. The summed E-state index contributed by atoms with van der Waals surface area (Å²) in [5.74, 6) is 1.17. The molecule has 2 unspecified atom stereocenters. The number of alkyl halides is 3. The molecule has 2 nitrogen and oxygen atoms in total. The van der Waals surface area contributed by atoms with Crippen LogP contribution in [0, 0.1) is 0 Å². The average molecular weight is 310 g/mol. The number of likely N-dealkylation sites (tertiary alicyclic amines) is 1. The molecular formula is C14H25F3N2S. The zero-order valence-corrected chi connectivity index (χ0v) is 12.9. The van der Waals surface area contributed by atoms with Crippen LogP contribution in [0.5, 0.6) is 0 Å². The molecule has 1 N–H and O–H groups in total. The van der Waals surface area contributed by atoms with Gasteiger partial charge in [-0.25, -0.2) is 0 Å². The molecule has 0 bridgehead atoms. The molecule has 0 aromatic carbocycles. The lowest BCUT2D eigenvalue weighted by molar-refractivity contribution is -0.148. The van der Waals surface area contributed by atoms with E-state index in [0.717, 1.165) is 18.1 Å². The van der Waals surface area contributed by atoms with Gasteiger partial charge in [0.2, 0.25) is 0 Å². The standard InChI is InChI=1S/C14H25F3N2S/c1-2-20-13-4-3-12(9-13)18-11-5-7-19(8-6-11)10-14(15,16)17/h11-13,18H,2-10H2,1H3. The quantitative estimate of drug-likeness (QED) is 0.839. The number of halogens is 3. The van der Waals surface area contributed by atoms with Crippen molar-refractivity contribution >= 4 is 11.8 Å². The van der Waals surface area contributed by atoms with Gasteiger partial charge in [0.1, 0.15) is 0 Å². The van der Waals surface area contributed by atoms with Crippen LogP contribution in [0.1, 0.15) is 39.0 Å². The molecule has 0 amide bonds. The Bertz CT molecular complexity index is 291. The second-order valence-electron chi connectivity index (χ2n) is 5.92. The summed E-state index contributed by atoms with van der Waals surface area (Å²) in [6.07, 6.45) is 1.36. The maximum Gasteiger partial charge on any atom is 0.401 e. The van der Waals surface area contributed by atoms with E-state index in [1.165, 1.54) is 29.9 Å². The fraction of sp³-hybridized carbons (Fsp3) is 1.00. The first-order chi connectivity index (χ1) is 9.46. The second-order valence-corrected chi connectivity index (χ2v) is 7.50. The van der Waals surface area contributed by atoms with Crippen molar-refractivity contribution in [2.75, 3.05) is 25.4 Å². The topological polar surface area (TPSA) is 15.3 Å². The van der Waals surface area contributed by atoms with Crippen LogP contribution in [-0.2, 0) is 0 Å². The predicted molar refractivity (Wildman–Crippen MR) is 78.2 cm³/mol. The zero-order chi connectivity index (χ0) is 14.6. The lowest BCUT2D eigenvalue weighted by atomic mass is 10.0. The van der Waals surface area contributed by atoms with E-state index in [9.17, 15) is 13.2 Å². The molecule has 0 aromatic rings. The smallest absolute Gasteiger partial charge is 0.311 e. The number of nitrogens with zero attached hydrogens (tertiary/aromatic N) is 1. The lowest BCUT2D eigenvalue weighted by Crippen LogP contribution is -2.47. The minimum atomic E-state index is -4.06. The van der Waals surface area contributed by atoms with Gasteiger partial charge in [0.15, 0.2) is 0 Å². The Labute approximate surface area is 123 Å². The summed E-state index contributed by atoms with van der Waals surface area (Å²) in [5.41, 5.74) is 0. The van der Waals surface area contributed by atoms with Crippen LogP contribution in [0.4, 0.5) is 13.2 Å². The van der Waals surface area contributed by atoms with E-state index in [1.54, 1.807) is 0 Å². The van der Waals surface area contributed by atoms with E-state index in [4.69, 9.17) is 0 Å². The summed E-state index contributed by atoms with van der Waals surface area (Å²) in [6, 6.07) is 0.994. The van der Waals surface area contributed by atoms with Crippen molar-refractivity contribution in [3.05, 3.63) is 0 Å². The molecule has 1 aliphatic carbocycles. The summed E-state index contributed by atoms with van der Waals surface area (Å²) in [5, 5.41) is 4.45. The molecule has 2 rings (SSSR count). The summed E-state index contributed by atoms with van der Waals surface area (Å²) >= 11 is 2.04. The van der Waals surface area contributed by atoms with Crippen molar-refractivity contribution in [3.8, 4) is 0 Å². The van der Waals surface area contributed by atoms with Crippen molar-refractivity contribution in [3.63, 3.8) is 0 Å². The van der Waals surface area contributed by atoms with E-state index in [0.29, 0.717) is 25.2 Å². The van der Waals surface area contributed by atoms with Gasteiger partial charge in [-0.1, -0.05) is 6.92 Å². The summed E-state index contributed by atoms with van der Waals surface area (Å²) in [4.78, 5) is 1.53. The molecule has 6 heteroatoms. The van der Waals surface area contributed by atoms with Crippen molar-refractivity contribution in [2.24, 2.45) is 0 Å². The van der Waals surface area contributed by atoms with Gasteiger partial charge in [0, 0.05) is 17.3 Å². The Morgan fingerprint density at radius 1 is 1.10 bits per heavy atom. The number of thioether (sulfide) groups is 1. The zero-order valence-electron chi connectivity index (χ0n) is 12.1. The summed E-state index contributed by atoms with van der Waals surface area (Å²) < 4.78 is 37.0. The van der Waals surface area contributed by atoms with E-state index >= 15 is 0 Å². The van der Waals surface area contributed by atoms with Crippen LogP contribution in [0.2, 0.25) is 0 Å². The molecule has 118 valence electrons. The van der Waals surface area contributed by atoms with Gasteiger partial charge in [0.05, 0.1) is 6.54 Å². The number of nitrogens with one attached hydrogen (secondary N) is 1. The average Bonchev–Trinajstić information content (AvgIpc) is 2.78. The van der Waals surface area contributed by atoms with E-state index in [1.807, 2.05) is 11.8 Å². The Kier molecular flexibility index (Phi) is 6.05. The third-order valence-corrected chi connectivity index (χ3v) is 5.48. The molecule has 1 saturated carbocycles. The van der Waals surface area contributed by atoms with Crippen LogP contribution in [0.3, 0.4) is 0 Å². The van der Waals surface area contributed by atoms with Crippen LogP contribution in [0.15, 0.2) is 0 Å². The van der Waals surface area contributed by atoms with E-state index in [-0.39, 0.29) is 0 Å². The van der Waals surface area contributed by atoms with E-state index < -0.39 is 12.7 Å². The second kappa shape index (κ2) is 7.36. The molecule has 20 heavy (non-hydrogen) atoms. The fourth-order valence-electron chi connectivity index (χ4n) is 3.32. The van der Waals surface area contributed by atoms with Gasteiger partial charge in [-0.05, 0) is 50.9 Å². The largest absolute Gasteiger partial charge is 0.401 e. The normalized spacial score (nSPS) is 30.0. The van der Waals surface area contributed by atoms with Crippen molar-refractivity contribution in [1.29, 1.82) is 0 Å². The molecule has 1 heterocycles. The fourth-order valence-corrected chi connectivity index (χ4v) is 4.47. The number of rotatable bonds is 5. The molecule has 2 aliphatic rings. The van der Waals surface area contributed by atoms with E-state index in [2.05, 4.69) is 12.2 Å². The monoisotopic (exact) mass is 310 g/mol.